The number of halogens is 1. The first-order valence-corrected chi connectivity index (χ1v) is 7.59. The Morgan fingerprint density at radius 3 is 2.65 bits per heavy atom. The maximum atomic E-state index is 12.2. The van der Waals surface area contributed by atoms with E-state index in [9.17, 15) is 19.8 Å². The lowest BCUT2D eigenvalue weighted by Crippen LogP contribution is -2.45. The Kier molecular flexibility index (Phi) is 4.85. The molecule has 1 aromatic rings. The molecule has 2 atom stereocenters. The van der Waals surface area contributed by atoms with Gasteiger partial charge in [0.1, 0.15) is 5.75 Å². The smallest absolute Gasteiger partial charge is 0.308 e. The largest absolute Gasteiger partial charge is 0.507 e. The molecule has 6 heteroatoms. The number of hydrogen-bond acceptors (Lipinski definition) is 3. The third kappa shape index (κ3) is 3.41. The molecule has 0 aliphatic heterocycles. The Bertz CT molecular complexity index is 532. The van der Waals surface area contributed by atoms with Gasteiger partial charge in [-0.2, -0.15) is 0 Å². The van der Waals surface area contributed by atoms with Gasteiger partial charge in [-0.15, -0.1) is 0 Å². The van der Waals surface area contributed by atoms with E-state index in [0.29, 0.717) is 12.8 Å². The van der Waals surface area contributed by atoms with Crippen molar-refractivity contribution in [2.75, 3.05) is 0 Å². The van der Waals surface area contributed by atoms with Crippen LogP contribution in [0.3, 0.4) is 0 Å². The monoisotopic (exact) mass is 389 g/mol. The lowest BCUT2D eigenvalue weighted by molar-refractivity contribution is -0.143. The molecule has 0 spiro atoms. The van der Waals surface area contributed by atoms with Crippen molar-refractivity contribution in [3.63, 3.8) is 0 Å². The summed E-state index contributed by atoms with van der Waals surface area (Å²) in [6.45, 7) is 0. The normalized spacial score (nSPS) is 22.2. The zero-order valence-electron chi connectivity index (χ0n) is 10.8. The molecule has 1 aliphatic carbocycles. The number of carboxylic acids is 1. The second-order valence-electron chi connectivity index (χ2n) is 4.97. The summed E-state index contributed by atoms with van der Waals surface area (Å²) in [5.74, 6) is -1.93. The number of nitrogens with one attached hydrogen (secondary N) is 1. The van der Waals surface area contributed by atoms with Crippen LogP contribution >= 0.6 is 22.6 Å². The predicted molar refractivity (Wildman–Crippen MR) is 81.7 cm³/mol. The van der Waals surface area contributed by atoms with Gasteiger partial charge in [-0.25, -0.2) is 0 Å². The third-order valence-corrected chi connectivity index (χ3v) is 4.27. The van der Waals surface area contributed by atoms with Crippen LogP contribution in [0.4, 0.5) is 0 Å². The van der Waals surface area contributed by atoms with Gasteiger partial charge in [0.2, 0.25) is 0 Å². The molecule has 2 unspecified atom stereocenters. The van der Waals surface area contributed by atoms with Crippen LogP contribution in [0.2, 0.25) is 0 Å². The maximum Gasteiger partial charge on any atom is 0.308 e. The predicted octanol–water partition coefficient (Wildman–Crippen LogP) is 2.37. The van der Waals surface area contributed by atoms with Crippen LogP contribution in [0.5, 0.6) is 5.75 Å². The van der Waals surface area contributed by atoms with Gasteiger partial charge in [0.15, 0.2) is 0 Å². The molecule has 108 valence electrons. The van der Waals surface area contributed by atoms with Gasteiger partial charge in [0.25, 0.3) is 5.91 Å². The molecule has 0 bridgehead atoms. The van der Waals surface area contributed by atoms with Crippen LogP contribution < -0.4 is 5.32 Å². The van der Waals surface area contributed by atoms with E-state index in [1.54, 1.807) is 12.1 Å². The van der Waals surface area contributed by atoms with E-state index in [1.807, 2.05) is 0 Å². The molecule has 1 aliphatic rings. The summed E-state index contributed by atoms with van der Waals surface area (Å²) in [6.07, 6.45) is 3.02. The summed E-state index contributed by atoms with van der Waals surface area (Å²) in [7, 11) is 0. The summed E-state index contributed by atoms with van der Waals surface area (Å²) < 4.78 is 0.837. The van der Waals surface area contributed by atoms with Crippen molar-refractivity contribution in [3.8, 4) is 5.75 Å². The number of phenols is 1. The van der Waals surface area contributed by atoms with Gasteiger partial charge < -0.3 is 15.5 Å². The Morgan fingerprint density at radius 2 is 1.95 bits per heavy atom. The quantitative estimate of drug-likeness (QED) is 0.693. The lowest BCUT2D eigenvalue weighted by atomic mass is 9.84. The van der Waals surface area contributed by atoms with Crippen molar-refractivity contribution in [2.45, 2.75) is 31.7 Å². The van der Waals surface area contributed by atoms with Crippen molar-refractivity contribution >= 4 is 34.5 Å². The van der Waals surface area contributed by atoms with Crippen molar-refractivity contribution in [2.24, 2.45) is 5.92 Å². The molecule has 20 heavy (non-hydrogen) atoms. The van der Waals surface area contributed by atoms with Crippen LogP contribution in [-0.2, 0) is 4.79 Å². The Labute approximate surface area is 130 Å². The zero-order valence-corrected chi connectivity index (χ0v) is 13.0. The minimum atomic E-state index is -0.873. The molecule has 1 amide bonds. The second-order valence-corrected chi connectivity index (χ2v) is 6.22. The minimum absolute atomic E-state index is 0.0920. The standard InChI is InChI=1S/C14H16INO4/c15-8-5-6-12(17)10(7-8)13(18)16-11-4-2-1-3-9(11)14(19)20/h5-7,9,11,17H,1-4H2,(H,16,18)(H,19,20). The summed E-state index contributed by atoms with van der Waals surface area (Å²) in [4.78, 5) is 23.4. The van der Waals surface area contributed by atoms with Gasteiger partial charge in [-0.3, -0.25) is 9.59 Å². The van der Waals surface area contributed by atoms with E-state index in [1.165, 1.54) is 6.07 Å². The lowest BCUT2D eigenvalue weighted by Gasteiger charge is -2.29. The highest BCUT2D eigenvalue weighted by Gasteiger charge is 2.32. The molecule has 0 heterocycles. The van der Waals surface area contributed by atoms with Crippen molar-refractivity contribution in [1.82, 2.24) is 5.32 Å². The Morgan fingerprint density at radius 1 is 1.25 bits per heavy atom. The number of aliphatic carboxylic acids is 1. The number of carbonyl (C=O) groups is 2. The molecule has 3 N–H and O–H groups in total. The molecule has 0 aromatic heterocycles. The average molecular weight is 389 g/mol. The van der Waals surface area contributed by atoms with Gasteiger partial charge in [0, 0.05) is 9.61 Å². The van der Waals surface area contributed by atoms with Crippen LogP contribution in [0.1, 0.15) is 36.0 Å². The van der Waals surface area contributed by atoms with E-state index in [4.69, 9.17) is 0 Å². The van der Waals surface area contributed by atoms with Crippen molar-refractivity contribution < 1.29 is 19.8 Å². The number of aromatic hydroxyl groups is 1. The first-order chi connectivity index (χ1) is 9.49. The first-order valence-electron chi connectivity index (χ1n) is 6.51. The fourth-order valence-corrected chi connectivity index (χ4v) is 3.03. The van der Waals surface area contributed by atoms with E-state index in [-0.39, 0.29) is 17.4 Å². The van der Waals surface area contributed by atoms with Gasteiger partial charge >= 0.3 is 5.97 Å². The third-order valence-electron chi connectivity index (χ3n) is 3.60. The topological polar surface area (TPSA) is 86.6 Å². The minimum Gasteiger partial charge on any atom is -0.507 e. The molecule has 1 aromatic carbocycles. The number of amides is 1. The van der Waals surface area contributed by atoms with Crippen molar-refractivity contribution in [1.29, 1.82) is 0 Å². The molecule has 5 nitrogen and oxygen atoms in total. The number of benzene rings is 1. The van der Waals surface area contributed by atoms with Crippen molar-refractivity contribution in [3.05, 3.63) is 27.3 Å². The number of rotatable bonds is 3. The molecule has 1 saturated carbocycles. The van der Waals surface area contributed by atoms with E-state index in [2.05, 4.69) is 27.9 Å². The van der Waals surface area contributed by atoms with E-state index in [0.717, 1.165) is 16.4 Å². The number of carbonyl (C=O) groups excluding carboxylic acids is 1. The summed E-state index contributed by atoms with van der Waals surface area (Å²) in [6, 6.07) is 4.38. The average Bonchev–Trinajstić information content (AvgIpc) is 2.41. The van der Waals surface area contributed by atoms with Gasteiger partial charge in [-0.1, -0.05) is 12.8 Å². The fourth-order valence-electron chi connectivity index (χ4n) is 2.54. The van der Waals surface area contributed by atoms with Crippen LogP contribution in [0, 0.1) is 9.49 Å². The zero-order chi connectivity index (χ0) is 14.7. The van der Waals surface area contributed by atoms with Gasteiger partial charge in [-0.05, 0) is 53.6 Å². The molecule has 0 saturated heterocycles. The molecule has 0 radical (unpaired) electrons. The molecular weight excluding hydrogens is 373 g/mol. The van der Waals surface area contributed by atoms with Gasteiger partial charge in [0.05, 0.1) is 11.5 Å². The first kappa shape index (κ1) is 15.1. The Balaban J connectivity index is 2.13. The SMILES string of the molecule is O=C(NC1CCCCC1C(=O)O)c1cc(I)ccc1O. The molecule has 2 rings (SSSR count). The Hall–Kier alpha value is -1.31. The van der Waals surface area contributed by atoms with Crippen LogP contribution in [-0.4, -0.2) is 28.1 Å². The highest BCUT2D eigenvalue weighted by atomic mass is 127. The maximum absolute atomic E-state index is 12.2. The fraction of sp³-hybridized carbons (Fsp3) is 0.429. The van der Waals surface area contributed by atoms with Crippen LogP contribution in [0.15, 0.2) is 18.2 Å². The highest BCUT2D eigenvalue weighted by Crippen LogP contribution is 2.26. The number of phenolic OH excluding ortho intramolecular Hbond substituents is 1. The number of carboxylic acid groups (broad SMARTS) is 1. The summed E-state index contributed by atoms with van der Waals surface area (Å²) in [5, 5.41) is 21.7. The van der Waals surface area contributed by atoms with E-state index >= 15 is 0 Å². The number of hydrogen-bond donors (Lipinski definition) is 3. The molecule has 1 fully saturated rings. The summed E-state index contributed by atoms with van der Waals surface area (Å²) in [5.41, 5.74) is 0.187. The summed E-state index contributed by atoms with van der Waals surface area (Å²) >= 11 is 2.06. The second kappa shape index (κ2) is 6.43. The van der Waals surface area contributed by atoms with Crippen LogP contribution in [0.25, 0.3) is 0 Å². The molecular formula is C14H16INO4. The van der Waals surface area contributed by atoms with E-state index < -0.39 is 17.8 Å². The highest BCUT2D eigenvalue weighted by molar-refractivity contribution is 14.1.